The van der Waals surface area contributed by atoms with Crippen molar-refractivity contribution in [2.75, 3.05) is 24.3 Å². The Morgan fingerprint density at radius 3 is 2.77 bits per heavy atom. The molecule has 6 heteroatoms. The zero-order valence-corrected chi connectivity index (χ0v) is 13.3. The molecule has 0 aliphatic carbocycles. The molecule has 0 fully saturated rings. The number of nitrogens with zero attached hydrogens (tertiary/aromatic N) is 5. The molecular formula is C16H20N6. The van der Waals surface area contributed by atoms with E-state index < -0.39 is 0 Å². The fraction of sp³-hybridized carbons (Fsp3) is 0.312. The highest BCUT2D eigenvalue weighted by Gasteiger charge is 2.12. The molecule has 0 radical (unpaired) electrons. The van der Waals surface area contributed by atoms with Gasteiger partial charge in [0, 0.05) is 27.7 Å². The van der Waals surface area contributed by atoms with Gasteiger partial charge in [0.2, 0.25) is 5.95 Å². The van der Waals surface area contributed by atoms with Crippen molar-refractivity contribution in [1.29, 1.82) is 0 Å². The van der Waals surface area contributed by atoms with Crippen molar-refractivity contribution in [3.8, 4) is 0 Å². The number of nitrogens with one attached hydrogen (secondary N) is 1. The van der Waals surface area contributed by atoms with E-state index in [9.17, 15) is 0 Å². The second kappa shape index (κ2) is 5.63. The molecule has 0 saturated carbocycles. The molecule has 2 heterocycles. The first-order chi connectivity index (χ1) is 10.5. The van der Waals surface area contributed by atoms with E-state index in [1.54, 1.807) is 10.9 Å². The van der Waals surface area contributed by atoms with Gasteiger partial charge in [0.25, 0.3) is 0 Å². The monoisotopic (exact) mass is 296 g/mol. The number of rotatable bonds is 4. The molecule has 114 valence electrons. The van der Waals surface area contributed by atoms with E-state index in [4.69, 9.17) is 0 Å². The SMILES string of the molecule is Cc1cccc(CNc2nc(N(C)C)nc3c2cnn3C)c1. The molecule has 1 aromatic carbocycles. The summed E-state index contributed by atoms with van der Waals surface area (Å²) >= 11 is 0. The van der Waals surface area contributed by atoms with E-state index in [-0.39, 0.29) is 0 Å². The van der Waals surface area contributed by atoms with Crippen LogP contribution < -0.4 is 10.2 Å². The first kappa shape index (κ1) is 14.3. The summed E-state index contributed by atoms with van der Waals surface area (Å²) in [5.41, 5.74) is 3.30. The molecule has 0 aliphatic rings. The normalized spacial score (nSPS) is 10.9. The third-order valence-electron chi connectivity index (χ3n) is 3.52. The molecule has 0 saturated heterocycles. The second-order valence-electron chi connectivity index (χ2n) is 5.61. The van der Waals surface area contributed by atoms with Crippen LogP contribution in [0.15, 0.2) is 30.5 Å². The first-order valence-electron chi connectivity index (χ1n) is 7.21. The van der Waals surface area contributed by atoms with Crippen LogP contribution in [0.5, 0.6) is 0 Å². The smallest absolute Gasteiger partial charge is 0.228 e. The number of benzene rings is 1. The summed E-state index contributed by atoms with van der Waals surface area (Å²) in [7, 11) is 5.75. The predicted octanol–water partition coefficient (Wildman–Crippen LogP) is 2.35. The van der Waals surface area contributed by atoms with E-state index >= 15 is 0 Å². The molecular weight excluding hydrogens is 276 g/mol. The van der Waals surface area contributed by atoms with Gasteiger partial charge >= 0.3 is 0 Å². The Morgan fingerprint density at radius 1 is 1.23 bits per heavy atom. The molecule has 2 aromatic heterocycles. The Balaban J connectivity index is 1.95. The molecule has 22 heavy (non-hydrogen) atoms. The van der Waals surface area contributed by atoms with Crippen molar-refractivity contribution in [1.82, 2.24) is 19.7 Å². The van der Waals surface area contributed by atoms with E-state index in [1.807, 2.05) is 26.0 Å². The highest BCUT2D eigenvalue weighted by Crippen LogP contribution is 2.22. The third-order valence-corrected chi connectivity index (χ3v) is 3.52. The van der Waals surface area contributed by atoms with Crippen LogP contribution in [0.2, 0.25) is 0 Å². The maximum atomic E-state index is 4.60. The summed E-state index contributed by atoms with van der Waals surface area (Å²) in [6.45, 7) is 2.81. The van der Waals surface area contributed by atoms with Gasteiger partial charge in [-0.05, 0) is 12.5 Å². The fourth-order valence-corrected chi connectivity index (χ4v) is 2.35. The molecule has 3 aromatic rings. The van der Waals surface area contributed by atoms with Crippen molar-refractivity contribution in [2.45, 2.75) is 13.5 Å². The Hall–Kier alpha value is -2.63. The molecule has 0 spiro atoms. The van der Waals surface area contributed by atoms with E-state index in [2.05, 4.69) is 51.6 Å². The number of hydrogen-bond donors (Lipinski definition) is 1. The second-order valence-corrected chi connectivity index (χ2v) is 5.61. The van der Waals surface area contributed by atoms with Gasteiger partial charge in [-0.2, -0.15) is 15.1 Å². The molecule has 0 atom stereocenters. The lowest BCUT2D eigenvalue weighted by molar-refractivity contribution is 0.784. The van der Waals surface area contributed by atoms with Crippen molar-refractivity contribution in [2.24, 2.45) is 7.05 Å². The Bertz CT molecular complexity index is 806. The van der Waals surface area contributed by atoms with Crippen LogP contribution in [-0.4, -0.2) is 33.8 Å². The van der Waals surface area contributed by atoms with Gasteiger partial charge in [-0.3, -0.25) is 4.68 Å². The summed E-state index contributed by atoms with van der Waals surface area (Å²) in [4.78, 5) is 11.0. The predicted molar refractivity (Wildman–Crippen MR) is 89.1 cm³/mol. The lowest BCUT2D eigenvalue weighted by Gasteiger charge is -2.13. The van der Waals surface area contributed by atoms with Gasteiger partial charge in [-0.25, -0.2) is 0 Å². The number of anilines is 2. The van der Waals surface area contributed by atoms with Crippen LogP contribution >= 0.6 is 0 Å². The zero-order valence-electron chi connectivity index (χ0n) is 13.3. The molecule has 6 nitrogen and oxygen atoms in total. The van der Waals surface area contributed by atoms with Crippen molar-refractivity contribution >= 4 is 22.8 Å². The highest BCUT2D eigenvalue weighted by molar-refractivity contribution is 5.87. The maximum absolute atomic E-state index is 4.60. The number of aromatic nitrogens is 4. The highest BCUT2D eigenvalue weighted by atomic mass is 15.3. The van der Waals surface area contributed by atoms with E-state index in [0.717, 1.165) is 23.4 Å². The summed E-state index contributed by atoms with van der Waals surface area (Å²) < 4.78 is 1.77. The Kier molecular flexibility index (Phi) is 3.66. The van der Waals surface area contributed by atoms with Crippen LogP contribution in [0.25, 0.3) is 11.0 Å². The molecule has 3 rings (SSSR count). The quantitative estimate of drug-likeness (QED) is 0.801. The van der Waals surface area contributed by atoms with Crippen LogP contribution in [0, 0.1) is 6.92 Å². The van der Waals surface area contributed by atoms with Gasteiger partial charge in [-0.1, -0.05) is 29.8 Å². The number of aryl methyl sites for hydroxylation is 2. The minimum Gasteiger partial charge on any atom is -0.365 e. The van der Waals surface area contributed by atoms with Gasteiger partial charge in [0.15, 0.2) is 5.65 Å². The van der Waals surface area contributed by atoms with Crippen LogP contribution in [-0.2, 0) is 13.6 Å². The van der Waals surface area contributed by atoms with Crippen molar-refractivity contribution in [3.63, 3.8) is 0 Å². The van der Waals surface area contributed by atoms with Crippen molar-refractivity contribution < 1.29 is 0 Å². The van der Waals surface area contributed by atoms with Gasteiger partial charge in [0.1, 0.15) is 5.82 Å². The molecule has 0 unspecified atom stereocenters. The van der Waals surface area contributed by atoms with E-state index in [0.29, 0.717) is 5.95 Å². The number of fused-ring (bicyclic) bond motifs is 1. The molecule has 0 aliphatic heterocycles. The molecule has 0 amide bonds. The third kappa shape index (κ3) is 2.72. The summed E-state index contributed by atoms with van der Waals surface area (Å²) in [5, 5.41) is 8.62. The number of hydrogen-bond acceptors (Lipinski definition) is 5. The summed E-state index contributed by atoms with van der Waals surface area (Å²) in [6.07, 6.45) is 1.80. The molecule has 1 N–H and O–H groups in total. The minimum absolute atomic E-state index is 0.669. The van der Waals surface area contributed by atoms with Crippen LogP contribution in [0.1, 0.15) is 11.1 Å². The maximum Gasteiger partial charge on any atom is 0.228 e. The van der Waals surface area contributed by atoms with Crippen LogP contribution in [0.4, 0.5) is 11.8 Å². The van der Waals surface area contributed by atoms with Crippen LogP contribution in [0.3, 0.4) is 0 Å². The van der Waals surface area contributed by atoms with Crippen molar-refractivity contribution in [3.05, 3.63) is 41.6 Å². The standard InChI is InChI=1S/C16H20N6/c1-11-6-5-7-12(8-11)9-17-14-13-10-18-22(4)15(13)20-16(19-14)21(2)3/h5-8,10H,9H2,1-4H3,(H,17,19,20). The van der Waals surface area contributed by atoms with Gasteiger partial charge in [0.05, 0.1) is 11.6 Å². The average molecular weight is 296 g/mol. The minimum atomic E-state index is 0.669. The average Bonchev–Trinajstić information content (AvgIpc) is 2.86. The molecule has 0 bridgehead atoms. The largest absolute Gasteiger partial charge is 0.365 e. The lowest BCUT2D eigenvalue weighted by Crippen LogP contribution is -2.14. The summed E-state index contributed by atoms with van der Waals surface area (Å²) in [5.74, 6) is 1.48. The topological polar surface area (TPSA) is 58.9 Å². The Labute approximate surface area is 129 Å². The van der Waals surface area contributed by atoms with Gasteiger partial charge in [-0.15, -0.1) is 0 Å². The summed E-state index contributed by atoms with van der Waals surface area (Å²) in [6, 6.07) is 8.44. The Morgan fingerprint density at radius 2 is 2.05 bits per heavy atom. The fourth-order valence-electron chi connectivity index (χ4n) is 2.35. The van der Waals surface area contributed by atoms with Gasteiger partial charge < -0.3 is 10.2 Å². The lowest BCUT2D eigenvalue weighted by atomic mass is 10.1. The van der Waals surface area contributed by atoms with E-state index in [1.165, 1.54) is 11.1 Å². The zero-order chi connectivity index (χ0) is 15.7. The first-order valence-corrected chi connectivity index (χ1v) is 7.21.